The molecule has 2 aliphatic rings. The Balaban J connectivity index is 1.79. The number of nitrogens with zero attached hydrogens (tertiary/aromatic N) is 3. The molecule has 0 aromatic heterocycles. The van der Waals surface area contributed by atoms with E-state index in [1.54, 1.807) is 11.9 Å². The van der Waals surface area contributed by atoms with Crippen LogP contribution in [0.25, 0.3) is 0 Å². The molecule has 22 heavy (non-hydrogen) atoms. The molecule has 0 unspecified atom stereocenters. The van der Waals surface area contributed by atoms with Gasteiger partial charge in [-0.05, 0) is 51.9 Å². The predicted molar refractivity (Wildman–Crippen MR) is 90.9 cm³/mol. The summed E-state index contributed by atoms with van der Waals surface area (Å²) in [5, 5.41) is 3.42. The summed E-state index contributed by atoms with van der Waals surface area (Å²) >= 11 is 0. The van der Waals surface area contributed by atoms with Gasteiger partial charge < -0.3 is 15.1 Å². The molecule has 122 valence electrons. The van der Waals surface area contributed by atoms with Crippen LogP contribution in [-0.4, -0.2) is 61.3 Å². The average Bonchev–Trinajstić information content (AvgIpc) is 2.53. The molecule has 2 aliphatic heterocycles. The summed E-state index contributed by atoms with van der Waals surface area (Å²) in [4.78, 5) is 20.5. The smallest absolute Gasteiger partial charge is 0.256 e. The summed E-state index contributed by atoms with van der Waals surface area (Å²) in [7, 11) is 1.77. The van der Waals surface area contributed by atoms with Gasteiger partial charge in [-0.25, -0.2) is 0 Å². The number of likely N-dealkylation sites (N-methyl/N-ethyl adjacent to an activating group) is 1. The Morgan fingerprint density at radius 3 is 2.77 bits per heavy atom. The molecule has 0 atom stereocenters. The van der Waals surface area contributed by atoms with E-state index in [4.69, 9.17) is 0 Å². The Kier molecular flexibility index (Phi) is 6.19. The topological polar surface area (TPSA) is 47.9 Å². The van der Waals surface area contributed by atoms with Gasteiger partial charge in [0.1, 0.15) is 5.84 Å². The molecule has 0 spiro atoms. The van der Waals surface area contributed by atoms with Crippen molar-refractivity contribution in [2.24, 2.45) is 4.99 Å². The highest BCUT2D eigenvalue weighted by atomic mass is 16.2. The first kappa shape index (κ1) is 16.7. The number of allylic oxidation sites excluding steroid dienone is 3. The van der Waals surface area contributed by atoms with Crippen LogP contribution < -0.4 is 5.32 Å². The number of likely N-dealkylation sites (tertiary alicyclic amines) is 1. The summed E-state index contributed by atoms with van der Waals surface area (Å²) in [6.07, 6.45) is 7.90. The molecule has 0 saturated carbocycles. The van der Waals surface area contributed by atoms with Gasteiger partial charge in [0.15, 0.2) is 0 Å². The van der Waals surface area contributed by atoms with Gasteiger partial charge in [-0.1, -0.05) is 6.42 Å². The highest BCUT2D eigenvalue weighted by Crippen LogP contribution is 2.10. The van der Waals surface area contributed by atoms with E-state index in [9.17, 15) is 4.79 Å². The second kappa shape index (κ2) is 8.13. The Labute approximate surface area is 133 Å². The van der Waals surface area contributed by atoms with Crippen molar-refractivity contribution >= 4 is 11.7 Å². The van der Waals surface area contributed by atoms with Gasteiger partial charge in [-0.15, -0.1) is 0 Å². The molecule has 1 fully saturated rings. The van der Waals surface area contributed by atoms with Crippen molar-refractivity contribution < 1.29 is 4.79 Å². The number of rotatable bonds is 5. The van der Waals surface area contributed by atoms with Crippen LogP contribution in [0.2, 0.25) is 0 Å². The Morgan fingerprint density at radius 2 is 2.05 bits per heavy atom. The van der Waals surface area contributed by atoms with Crippen LogP contribution in [0.15, 0.2) is 28.4 Å². The van der Waals surface area contributed by atoms with Crippen molar-refractivity contribution in [3.63, 3.8) is 0 Å². The van der Waals surface area contributed by atoms with Gasteiger partial charge in [0, 0.05) is 31.4 Å². The van der Waals surface area contributed by atoms with E-state index in [1.807, 2.05) is 26.0 Å². The molecule has 2 heterocycles. The first-order valence-corrected chi connectivity index (χ1v) is 8.20. The molecule has 5 heteroatoms. The van der Waals surface area contributed by atoms with Gasteiger partial charge in [0.05, 0.1) is 6.54 Å². The van der Waals surface area contributed by atoms with Crippen molar-refractivity contribution in [1.82, 2.24) is 15.1 Å². The van der Waals surface area contributed by atoms with Gasteiger partial charge in [-0.2, -0.15) is 0 Å². The quantitative estimate of drug-likeness (QED) is 0.788. The third-order valence-corrected chi connectivity index (χ3v) is 4.36. The molecule has 0 radical (unpaired) electrons. The van der Waals surface area contributed by atoms with E-state index < -0.39 is 0 Å². The minimum atomic E-state index is 0.0462. The number of nitrogens with one attached hydrogen (secondary N) is 1. The molecule has 0 aromatic carbocycles. The first-order chi connectivity index (χ1) is 10.6. The Morgan fingerprint density at radius 1 is 1.32 bits per heavy atom. The molecule has 0 aromatic rings. The summed E-state index contributed by atoms with van der Waals surface area (Å²) in [6, 6.07) is 0. The van der Waals surface area contributed by atoms with E-state index in [-0.39, 0.29) is 5.91 Å². The number of amides is 1. The lowest BCUT2D eigenvalue weighted by molar-refractivity contribution is -0.122. The van der Waals surface area contributed by atoms with Crippen molar-refractivity contribution in [2.75, 3.05) is 39.8 Å². The van der Waals surface area contributed by atoms with Crippen molar-refractivity contribution in [1.29, 1.82) is 0 Å². The summed E-state index contributed by atoms with van der Waals surface area (Å²) in [6.45, 7) is 8.88. The first-order valence-electron chi connectivity index (χ1n) is 8.20. The molecule has 1 amide bonds. The van der Waals surface area contributed by atoms with Crippen molar-refractivity contribution in [3.8, 4) is 0 Å². The second-order valence-electron chi connectivity index (χ2n) is 6.10. The SMILES string of the molecule is CC1=NC/C(=C\C=C(/C)NCCN2CCCCC2)C(=O)N1C. The van der Waals surface area contributed by atoms with Gasteiger partial charge in [-0.3, -0.25) is 9.79 Å². The zero-order valence-corrected chi connectivity index (χ0v) is 14.1. The minimum absolute atomic E-state index is 0.0462. The zero-order valence-electron chi connectivity index (χ0n) is 14.1. The fourth-order valence-electron chi connectivity index (χ4n) is 2.74. The highest BCUT2D eigenvalue weighted by Gasteiger charge is 2.20. The Hall–Kier alpha value is -1.62. The summed E-state index contributed by atoms with van der Waals surface area (Å²) in [5.41, 5.74) is 1.83. The minimum Gasteiger partial charge on any atom is -0.387 e. The highest BCUT2D eigenvalue weighted by molar-refractivity contribution is 6.07. The van der Waals surface area contributed by atoms with Crippen LogP contribution in [0.1, 0.15) is 33.1 Å². The average molecular weight is 304 g/mol. The lowest BCUT2D eigenvalue weighted by Gasteiger charge is -2.26. The maximum Gasteiger partial charge on any atom is 0.256 e. The van der Waals surface area contributed by atoms with Crippen molar-refractivity contribution in [2.45, 2.75) is 33.1 Å². The third-order valence-electron chi connectivity index (χ3n) is 4.36. The normalized spacial score (nSPS) is 23.0. The van der Waals surface area contributed by atoms with Gasteiger partial charge >= 0.3 is 0 Å². The lowest BCUT2D eigenvalue weighted by atomic mass is 10.1. The van der Waals surface area contributed by atoms with Crippen LogP contribution in [0.3, 0.4) is 0 Å². The number of carbonyl (C=O) groups excluding carboxylic acids is 1. The van der Waals surface area contributed by atoms with E-state index in [2.05, 4.69) is 15.2 Å². The van der Waals surface area contributed by atoms with E-state index in [0.29, 0.717) is 6.54 Å². The number of carbonyl (C=O) groups is 1. The standard InChI is InChI=1S/C17H28N4O/c1-14(18-9-12-21-10-5-4-6-11-21)7-8-16-13-19-15(2)20(3)17(16)22/h7-8,18H,4-6,9-13H2,1-3H3/b14-7+,16-8+. The molecular weight excluding hydrogens is 276 g/mol. The molecule has 1 N–H and O–H groups in total. The van der Waals surface area contributed by atoms with Crippen LogP contribution in [0.5, 0.6) is 0 Å². The lowest BCUT2D eigenvalue weighted by Crippen LogP contribution is -2.37. The molecule has 0 aliphatic carbocycles. The molecule has 5 nitrogen and oxygen atoms in total. The number of amidine groups is 1. The monoisotopic (exact) mass is 304 g/mol. The maximum atomic E-state index is 12.1. The van der Waals surface area contributed by atoms with E-state index in [0.717, 1.165) is 30.2 Å². The van der Waals surface area contributed by atoms with E-state index in [1.165, 1.54) is 32.4 Å². The Bertz CT molecular complexity index is 487. The van der Waals surface area contributed by atoms with Gasteiger partial charge in [0.2, 0.25) is 0 Å². The second-order valence-corrected chi connectivity index (χ2v) is 6.10. The predicted octanol–water partition coefficient (Wildman–Crippen LogP) is 1.78. The fourth-order valence-corrected chi connectivity index (χ4v) is 2.74. The van der Waals surface area contributed by atoms with Gasteiger partial charge in [0.25, 0.3) is 5.91 Å². The van der Waals surface area contributed by atoms with E-state index >= 15 is 0 Å². The molecule has 0 bridgehead atoms. The third kappa shape index (κ3) is 4.70. The van der Waals surface area contributed by atoms with Crippen LogP contribution in [-0.2, 0) is 4.79 Å². The molecule has 1 saturated heterocycles. The largest absolute Gasteiger partial charge is 0.387 e. The number of hydrogen-bond donors (Lipinski definition) is 1. The number of aliphatic imine (C=N–C) groups is 1. The van der Waals surface area contributed by atoms with Crippen LogP contribution in [0, 0.1) is 0 Å². The molecule has 2 rings (SSSR count). The van der Waals surface area contributed by atoms with Crippen molar-refractivity contribution in [3.05, 3.63) is 23.4 Å². The summed E-state index contributed by atoms with van der Waals surface area (Å²) < 4.78 is 0. The number of hydrogen-bond acceptors (Lipinski definition) is 4. The van der Waals surface area contributed by atoms with Crippen LogP contribution in [0.4, 0.5) is 0 Å². The van der Waals surface area contributed by atoms with Crippen LogP contribution >= 0.6 is 0 Å². The summed E-state index contributed by atoms with van der Waals surface area (Å²) in [5.74, 6) is 0.826. The maximum absolute atomic E-state index is 12.1. The molecular formula is C17H28N4O. The number of piperidine rings is 1. The zero-order chi connectivity index (χ0) is 15.9. The fraction of sp³-hybridized carbons (Fsp3) is 0.647.